The molecule has 0 spiro atoms. The van der Waals surface area contributed by atoms with Crippen LogP contribution in [0.1, 0.15) is 12.5 Å². The van der Waals surface area contributed by atoms with Gasteiger partial charge >= 0.3 is 5.97 Å². The minimum atomic E-state index is -2.25. The molecule has 0 saturated heterocycles. The van der Waals surface area contributed by atoms with Crippen LogP contribution in [-0.4, -0.2) is 29.7 Å². The van der Waals surface area contributed by atoms with Crippen molar-refractivity contribution in [2.24, 2.45) is 0 Å². The van der Waals surface area contributed by atoms with Crippen molar-refractivity contribution in [3.63, 3.8) is 0 Å². The minimum Gasteiger partial charge on any atom is -0.462 e. The molecule has 106 valence electrons. The first kappa shape index (κ1) is 13.9. The number of nitrogens with zero attached hydrogens (tertiary/aromatic N) is 2. The SMILES string of the molecule is CCOC(=O)C(F)N1C(=O)Cc2cc([N+](=O)[O-])ccc21. The molecule has 0 saturated carbocycles. The van der Waals surface area contributed by atoms with Crippen LogP contribution in [0.5, 0.6) is 0 Å². The quantitative estimate of drug-likeness (QED) is 0.360. The van der Waals surface area contributed by atoms with Crippen molar-refractivity contribution in [3.05, 3.63) is 33.9 Å². The summed E-state index contributed by atoms with van der Waals surface area (Å²) >= 11 is 0. The highest BCUT2D eigenvalue weighted by atomic mass is 19.1. The fourth-order valence-electron chi connectivity index (χ4n) is 2.01. The molecule has 0 fully saturated rings. The van der Waals surface area contributed by atoms with E-state index in [0.29, 0.717) is 10.5 Å². The third-order valence-electron chi connectivity index (χ3n) is 2.85. The number of hydrogen-bond acceptors (Lipinski definition) is 5. The number of anilines is 1. The summed E-state index contributed by atoms with van der Waals surface area (Å²) in [5, 5.41) is 10.6. The average molecular weight is 282 g/mol. The van der Waals surface area contributed by atoms with Gasteiger partial charge in [-0.05, 0) is 18.6 Å². The zero-order valence-electron chi connectivity index (χ0n) is 10.5. The van der Waals surface area contributed by atoms with E-state index >= 15 is 0 Å². The van der Waals surface area contributed by atoms with Gasteiger partial charge in [-0.3, -0.25) is 19.8 Å². The Labute approximate surface area is 113 Å². The van der Waals surface area contributed by atoms with Crippen molar-refractivity contribution >= 4 is 23.3 Å². The first-order valence-electron chi connectivity index (χ1n) is 5.85. The van der Waals surface area contributed by atoms with Gasteiger partial charge in [0, 0.05) is 12.1 Å². The maximum atomic E-state index is 14.0. The standard InChI is InChI=1S/C12H11FN2O5/c1-2-20-12(17)11(13)14-9-4-3-8(15(18)19)5-7(9)6-10(14)16/h3-5,11H,2,6H2,1H3. The molecule has 0 aromatic heterocycles. The Morgan fingerprint density at radius 3 is 2.90 bits per heavy atom. The number of nitro groups is 1. The third-order valence-corrected chi connectivity index (χ3v) is 2.85. The van der Waals surface area contributed by atoms with Gasteiger partial charge < -0.3 is 4.74 Å². The molecule has 1 aliphatic heterocycles. The zero-order chi connectivity index (χ0) is 14.9. The number of hydrogen-bond donors (Lipinski definition) is 0. The lowest BCUT2D eigenvalue weighted by molar-refractivity contribution is -0.384. The first-order chi connectivity index (χ1) is 9.45. The molecule has 8 heteroatoms. The summed E-state index contributed by atoms with van der Waals surface area (Å²) in [5.74, 6) is -1.80. The Hall–Kier alpha value is -2.51. The number of fused-ring (bicyclic) bond motifs is 1. The second-order valence-electron chi connectivity index (χ2n) is 4.10. The van der Waals surface area contributed by atoms with Crippen molar-refractivity contribution in [3.8, 4) is 0 Å². The summed E-state index contributed by atoms with van der Waals surface area (Å²) in [5.41, 5.74) is 0.280. The zero-order valence-corrected chi connectivity index (χ0v) is 10.5. The highest BCUT2D eigenvalue weighted by Crippen LogP contribution is 2.33. The normalized spacial score (nSPS) is 14.9. The summed E-state index contributed by atoms with van der Waals surface area (Å²) in [6.45, 7) is 1.52. The number of non-ortho nitro benzene ring substituents is 1. The fourth-order valence-corrected chi connectivity index (χ4v) is 2.01. The number of halogens is 1. The van der Waals surface area contributed by atoms with E-state index in [-0.39, 0.29) is 24.4 Å². The van der Waals surface area contributed by atoms with E-state index in [1.165, 1.54) is 19.1 Å². The van der Waals surface area contributed by atoms with Crippen LogP contribution in [0.2, 0.25) is 0 Å². The van der Waals surface area contributed by atoms with Crippen LogP contribution in [0.3, 0.4) is 0 Å². The summed E-state index contributed by atoms with van der Waals surface area (Å²) in [6, 6.07) is 3.61. The number of rotatable bonds is 4. The molecule has 1 amide bonds. The number of esters is 1. The van der Waals surface area contributed by atoms with Crippen molar-refractivity contribution in [1.82, 2.24) is 0 Å². The van der Waals surface area contributed by atoms with E-state index in [1.54, 1.807) is 0 Å². The largest absolute Gasteiger partial charge is 0.462 e. The molecule has 0 aliphatic carbocycles. The van der Waals surface area contributed by atoms with Crippen LogP contribution in [0, 0.1) is 10.1 Å². The van der Waals surface area contributed by atoms with Gasteiger partial charge in [0.1, 0.15) is 0 Å². The van der Waals surface area contributed by atoms with Crippen LogP contribution < -0.4 is 4.90 Å². The minimum absolute atomic E-state index is 0.00555. The molecular formula is C12H11FN2O5. The highest BCUT2D eigenvalue weighted by Gasteiger charge is 2.38. The van der Waals surface area contributed by atoms with E-state index < -0.39 is 23.1 Å². The van der Waals surface area contributed by atoms with E-state index in [1.807, 2.05) is 0 Å². The number of carbonyl (C=O) groups excluding carboxylic acids is 2. The maximum Gasteiger partial charge on any atom is 0.362 e. The maximum absolute atomic E-state index is 14.0. The molecule has 2 rings (SSSR count). The second-order valence-corrected chi connectivity index (χ2v) is 4.10. The summed E-state index contributed by atoms with van der Waals surface area (Å²) in [7, 11) is 0. The summed E-state index contributed by atoms with van der Waals surface area (Å²) < 4.78 is 18.5. The molecule has 1 unspecified atom stereocenters. The lowest BCUT2D eigenvalue weighted by Crippen LogP contribution is -2.41. The monoisotopic (exact) mass is 282 g/mol. The number of ether oxygens (including phenoxy) is 1. The fraction of sp³-hybridized carbons (Fsp3) is 0.333. The molecule has 0 bridgehead atoms. The van der Waals surface area contributed by atoms with Gasteiger partial charge in [-0.2, -0.15) is 0 Å². The number of nitro benzene ring substituents is 1. The summed E-state index contributed by atoms with van der Waals surface area (Å²) in [4.78, 5) is 33.8. The Bertz CT molecular complexity index is 589. The Balaban J connectivity index is 2.33. The predicted molar refractivity (Wildman–Crippen MR) is 65.8 cm³/mol. The van der Waals surface area contributed by atoms with Crippen molar-refractivity contribution in [1.29, 1.82) is 0 Å². The third kappa shape index (κ3) is 2.31. The van der Waals surface area contributed by atoms with E-state index in [9.17, 15) is 24.1 Å². The van der Waals surface area contributed by atoms with Gasteiger partial charge in [0.05, 0.1) is 23.6 Å². The number of benzene rings is 1. The molecule has 1 atom stereocenters. The lowest BCUT2D eigenvalue weighted by atomic mass is 10.1. The van der Waals surface area contributed by atoms with Gasteiger partial charge in [0.25, 0.3) is 12.0 Å². The molecule has 0 N–H and O–H groups in total. The predicted octanol–water partition coefficient (Wildman–Crippen LogP) is 1.34. The Kier molecular flexibility index (Phi) is 3.64. The molecular weight excluding hydrogens is 271 g/mol. The topological polar surface area (TPSA) is 89.8 Å². The van der Waals surface area contributed by atoms with Crippen molar-refractivity contribution in [2.75, 3.05) is 11.5 Å². The van der Waals surface area contributed by atoms with Crippen molar-refractivity contribution < 1.29 is 23.6 Å². The van der Waals surface area contributed by atoms with Gasteiger partial charge in [-0.25, -0.2) is 9.18 Å². The molecule has 20 heavy (non-hydrogen) atoms. The molecule has 7 nitrogen and oxygen atoms in total. The lowest BCUT2D eigenvalue weighted by Gasteiger charge is -2.20. The van der Waals surface area contributed by atoms with Gasteiger partial charge in [0.2, 0.25) is 5.91 Å². The smallest absolute Gasteiger partial charge is 0.362 e. The number of amides is 1. The average Bonchev–Trinajstić information content (AvgIpc) is 2.72. The van der Waals surface area contributed by atoms with E-state index in [2.05, 4.69) is 4.74 Å². The second kappa shape index (κ2) is 5.24. The Morgan fingerprint density at radius 1 is 1.60 bits per heavy atom. The van der Waals surface area contributed by atoms with Crippen LogP contribution in [0.25, 0.3) is 0 Å². The van der Waals surface area contributed by atoms with Gasteiger partial charge in [-0.15, -0.1) is 0 Å². The van der Waals surface area contributed by atoms with Crippen LogP contribution in [-0.2, 0) is 20.7 Å². The van der Waals surface area contributed by atoms with Crippen LogP contribution in [0.4, 0.5) is 15.8 Å². The summed E-state index contributed by atoms with van der Waals surface area (Å²) in [6.07, 6.45) is -2.43. The molecule has 0 radical (unpaired) electrons. The molecule has 1 aromatic rings. The van der Waals surface area contributed by atoms with Crippen molar-refractivity contribution in [2.45, 2.75) is 19.6 Å². The van der Waals surface area contributed by atoms with E-state index in [0.717, 1.165) is 6.07 Å². The first-order valence-corrected chi connectivity index (χ1v) is 5.85. The molecule has 1 aromatic carbocycles. The molecule has 1 heterocycles. The van der Waals surface area contributed by atoms with Crippen LogP contribution >= 0.6 is 0 Å². The number of carbonyl (C=O) groups is 2. The molecule has 1 aliphatic rings. The van der Waals surface area contributed by atoms with Crippen LogP contribution in [0.15, 0.2) is 18.2 Å². The van der Waals surface area contributed by atoms with E-state index in [4.69, 9.17) is 0 Å². The highest BCUT2D eigenvalue weighted by molar-refractivity contribution is 6.05. The van der Waals surface area contributed by atoms with Gasteiger partial charge in [-0.1, -0.05) is 0 Å². The Morgan fingerprint density at radius 2 is 2.30 bits per heavy atom. The van der Waals surface area contributed by atoms with Gasteiger partial charge in [0.15, 0.2) is 0 Å². The number of alkyl halides is 1.